The van der Waals surface area contributed by atoms with Crippen molar-refractivity contribution in [1.82, 2.24) is 24.1 Å². The van der Waals surface area contributed by atoms with Gasteiger partial charge in [0.05, 0.1) is 0 Å². The summed E-state index contributed by atoms with van der Waals surface area (Å²) < 4.78 is 3.31. The van der Waals surface area contributed by atoms with Gasteiger partial charge in [-0.05, 0) is 70.6 Å². The summed E-state index contributed by atoms with van der Waals surface area (Å²) in [7, 11) is 1.75. The Morgan fingerprint density at radius 1 is 1.00 bits per heavy atom. The van der Waals surface area contributed by atoms with Gasteiger partial charge >= 0.3 is 5.69 Å². The van der Waals surface area contributed by atoms with Crippen LogP contribution in [0.4, 0.5) is 0 Å². The molecule has 2 aliphatic heterocycles. The molecule has 1 atom stereocenters. The molecule has 6 nitrogen and oxygen atoms in total. The number of likely N-dealkylation sites (tertiary alicyclic amines) is 2. The molecular formula is C19H35N5O. The molecule has 0 bridgehead atoms. The zero-order chi connectivity index (χ0) is 17.8. The van der Waals surface area contributed by atoms with E-state index in [2.05, 4.69) is 21.8 Å². The lowest BCUT2D eigenvalue weighted by molar-refractivity contribution is 0.112. The van der Waals surface area contributed by atoms with Crippen LogP contribution in [-0.2, 0) is 20.0 Å². The third-order valence-corrected chi connectivity index (χ3v) is 6.15. The van der Waals surface area contributed by atoms with Crippen LogP contribution < -0.4 is 5.69 Å². The molecule has 0 saturated carbocycles. The summed E-state index contributed by atoms with van der Waals surface area (Å²) in [5.41, 5.74) is 0.0210. The predicted octanol–water partition coefficient (Wildman–Crippen LogP) is 1.59. The van der Waals surface area contributed by atoms with Crippen molar-refractivity contribution >= 4 is 0 Å². The van der Waals surface area contributed by atoms with Crippen LogP contribution in [0.3, 0.4) is 0 Å². The average molecular weight is 350 g/mol. The molecule has 2 aliphatic rings. The van der Waals surface area contributed by atoms with Crippen molar-refractivity contribution in [2.45, 2.75) is 52.5 Å². The zero-order valence-electron chi connectivity index (χ0n) is 16.3. The number of aromatic nitrogens is 3. The molecule has 2 saturated heterocycles. The Labute approximate surface area is 151 Å². The summed E-state index contributed by atoms with van der Waals surface area (Å²) >= 11 is 0. The number of hydrogen-bond acceptors (Lipinski definition) is 4. The Morgan fingerprint density at radius 3 is 2.44 bits per heavy atom. The van der Waals surface area contributed by atoms with Gasteiger partial charge in [-0.3, -0.25) is 4.57 Å². The van der Waals surface area contributed by atoms with Crippen LogP contribution in [0.5, 0.6) is 0 Å². The molecule has 6 heteroatoms. The first-order chi connectivity index (χ1) is 12.1. The van der Waals surface area contributed by atoms with Gasteiger partial charge < -0.3 is 9.80 Å². The molecule has 3 heterocycles. The summed E-state index contributed by atoms with van der Waals surface area (Å²) in [5, 5.41) is 4.45. The smallest absolute Gasteiger partial charge is 0.303 e. The number of rotatable bonds is 6. The molecule has 3 rings (SSSR count). The first-order valence-corrected chi connectivity index (χ1v) is 10.2. The first-order valence-electron chi connectivity index (χ1n) is 10.2. The van der Waals surface area contributed by atoms with E-state index in [-0.39, 0.29) is 5.69 Å². The van der Waals surface area contributed by atoms with Crippen LogP contribution in [0.25, 0.3) is 0 Å². The Hall–Kier alpha value is -1.14. The van der Waals surface area contributed by atoms with Gasteiger partial charge in [0.1, 0.15) is 5.82 Å². The Kier molecular flexibility index (Phi) is 6.34. The van der Waals surface area contributed by atoms with Crippen LogP contribution in [0.15, 0.2) is 4.79 Å². The highest BCUT2D eigenvalue weighted by Crippen LogP contribution is 2.24. The van der Waals surface area contributed by atoms with Gasteiger partial charge in [0, 0.05) is 33.1 Å². The number of aryl methyl sites for hydroxylation is 1. The molecule has 0 amide bonds. The summed E-state index contributed by atoms with van der Waals surface area (Å²) in [5.74, 6) is 2.49. The van der Waals surface area contributed by atoms with Crippen molar-refractivity contribution in [3.05, 3.63) is 16.3 Å². The molecule has 1 aromatic heterocycles. The Balaban J connectivity index is 1.47. The second-order valence-corrected chi connectivity index (χ2v) is 7.92. The zero-order valence-corrected chi connectivity index (χ0v) is 16.3. The van der Waals surface area contributed by atoms with Crippen molar-refractivity contribution in [1.29, 1.82) is 0 Å². The van der Waals surface area contributed by atoms with Crippen molar-refractivity contribution in [2.75, 3.05) is 39.3 Å². The number of hydrogen-bond donors (Lipinski definition) is 0. The van der Waals surface area contributed by atoms with Gasteiger partial charge in [0.15, 0.2) is 0 Å². The summed E-state index contributed by atoms with van der Waals surface area (Å²) in [4.78, 5) is 17.3. The number of nitrogens with zero attached hydrogens (tertiary/aromatic N) is 5. The van der Waals surface area contributed by atoms with E-state index < -0.39 is 0 Å². The van der Waals surface area contributed by atoms with Crippen molar-refractivity contribution < 1.29 is 0 Å². The van der Waals surface area contributed by atoms with E-state index in [1.165, 1.54) is 69.6 Å². The fourth-order valence-corrected chi connectivity index (χ4v) is 4.61. The van der Waals surface area contributed by atoms with Gasteiger partial charge in [-0.1, -0.05) is 6.92 Å². The molecule has 2 fully saturated rings. The minimum absolute atomic E-state index is 0.0210. The van der Waals surface area contributed by atoms with E-state index in [4.69, 9.17) is 0 Å². The standard InChI is InChI=1S/C19H35N5O/c1-4-22-10-6-7-17(14-22)15-23-11-8-16(9-12-23)13-18-20-21(3)19(25)24(18)5-2/h16-17H,4-15H2,1-3H3. The molecule has 0 aliphatic carbocycles. The van der Waals surface area contributed by atoms with Crippen molar-refractivity contribution in [3.8, 4) is 0 Å². The highest BCUT2D eigenvalue weighted by atomic mass is 16.2. The minimum atomic E-state index is 0.0210. The van der Waals surface area contributed by atoms with Gasteiger partial charge in [-0.25, -0.2) is 9.48 Å². The molecule has 142 valence electrons. The van der Waals surface area contributed by atoms with Gasteiger partial charge in [0.25, 0.3) is 0 Å². The third-order valence-electron chi connectivity index (χ3n) is 6.15. The lowest BCUT2D eigenvalue weighted by atomic mass is 9.91. The molecule has 1 unspecified atom stereocenters. The van der Waals surface area contributed by atoms with Gasteiger partial charge in [0.2, 0.25) is 0 Å². The minimum Gasteiger partial charge on any atom is -0.303 e. The quantitative estimate of drug-likeness (QED) is 0.782. The first kappa shape index (κ1) is 18.6. The monoisotopic (exact) mass is 349 g/mol. The predicted molar refractivity (Wildman–Crippen MR) is 101 cm³/mol. The van der Waals surface area contributed by atoms with E-state index in [9.17, 15) is 4.79 Å². The van der Waals surface area contributed by atoms with Crippen LogP contribution in [-0.4, -0.2) is 63.4 Å². The molecular weight excluding hydrogens is 314 g/mol. The topological polar surface area (TPSA) is 46.3 Å². The fraction of sp³-hybridized carbons (Fsp3) is 0.895. The summed E-state index contributed by atoms with van der Waals surface area (Å²) in [6.07, 6.45) is 6.18. The molecule has 1 aromatic rings. The maximum Gasteiger partial charge on any atom is 0.345 e. The van der Waals surface area contributed by atoms with Crippen LogP contribution >= 0.6 is 0 Å². The van der Waals surface area contributed by atoms with E-state index in [1.807, 2.05) is 11.5 Å². The van der Waals surface area contributed by atoms with E-state index in [1.54, 1.807) is 7.05 Å². The largest absolute Gasteiger partial charge is 0.345 e. The van der Waals surface area contributed by atoms with E-state index in [0.717, 1.165) is 24.7 Å². The van der Waals surface area contributed by atoms with Crippen LogP contribution in [0.2, 0.25) is 0 Å². The average Bonchev–Trinajstić information content (AvgIpc) is 2.90. The molecule has 25 heavy (non-hydrogen) atoms. The lowest BCUT2D eigenvalue weighted by Crippen LogP contribution is -2.43. The van der Waals surface area contributed by atoms with Crippen LogP contribution in [0.1, 0.15) is 45.4 Å². The highest BCUT2D eigenvalue weighted by molar-refractivity contribution is 4.91. The summed E-state index contributed by atoms with van der Waals surface area (Å²) in [6.45, 7) is 12.5. The SMILES string of the molecule is CCN1CCCC(CN2CCC(Cc3nn(C)c(=O)n3CC)CC2)C1. The van der Waals surface area contributed by atoms with Crippen molar-refractivity contribution in [3.63, 3.8) is 0 Å². The Bertz CT molecular complexity index is 599. The fourth-order valence-electron chi connectivity index (χ4n) is 4.61. The highest BCUT2D eigenvalue weighted by Gasteiger charge is 2.26. The second kappa shape index (κ2) is 8.49. The van der Waals surface area contributed by atoms with E-state index >= 15 is 0 Å². The van der Waals surface area contributed by atoms with Gasteiger partial charge in [-0.2, -0.15) is 5.10 Å². The molecule has 0 N–H and O–H groups in total. The Morgan fingerprint density at radius 2 is 1.76 bits per heavy atom. The van der Waals surface area contributed by atoms with Gasteiger partial charge in [-0.15, -0.1) is 0 Å². The second-order valence-electron chi connectivity index (χ2n) is 7.92. The normalized spacial score (nSPS) is 24.0. The lowest BCUT2D eigenvalue weighted by Gasteiger charge is -2.38. The van der Waals surface area contributed by atoms with Crippen LogP contribution in [0, 0.1) is 11.8 Å². The number of piperidine rings is 2. The molecule has 0 radical (unpaired) electrons. The summed E-state index contributed by atoms with van der Waals surface area (Å²) in [6, 6.07) is 0. The maximum absolute atomic E-state index is 12.0. The maximum atomic E-state index is 12.0. The van der Waals surface area contributed by atoms with Crippen molar-refractivity contribution in [2.24, 2.45) is 18.9 Å². The molecule has 0 aromatic carbocycles. The van der Waals surface area contributed by atoms with E-state index in [0.29, 0.717) is 5.92 Å². The third kappa shape index (κ3) is 4.53. The molecule has 0 spiro atoms.